The van der Waals surface area contributed by atoms with E-state index in [1.54, 1.807) is 23.1 Å². The Balaban J connectivity index is 1.96. The first-order valence-corrected chi connectivity index (χ1v) is 6.54. The third-order valence-electron chi connectivity index (χ3n) is 3.19. The molecule has 1 aliphatic heterocycles. The van der Waals surface area contributed by atoms with Crippen LogP contribution in [0, 0.1) is 0 Å². The zero-order chi connectivity index (χ0) is 14.5. The summed E-state index contributed by atoms with van der Waals surface area (Å²) in [6, 6.07) is 3.44. The number of aliphatic carboxylic acids is 1. The minimum Gasteiger partial charge on any atom is -0.481 e. The molecular weight excluding hydrogens is 260 g/mol. The molecule has 0 aromatic carbocycles. The van der Waals surface area contributed by atoms with Crippen molar-refractivity contribution >= 4 is 17.8 Å². The fourth-order valence-electron chi connectivity index (χ4n) is 2.17. The number of furan rings is 1. The van der Waals surface area contributed by atoms with Gasteiger partial charge in [0.2, 0.25) is 11.8 Å². The molecule has 0 spiro atoms. The van der Waals surface area contributed by atoms with Crippen molar-refractivity contribution in [2.45, 2.75) is 12.8 Å². The van der Waals surface area contributed by atoms with Gasteiger partial charge < -0.3 is 9.52 Å². The SMILES string of the molecule is C=CCN1CCN(c2ccc(CCC(=O)O)o2)C(=O)C1. The van der Waals surface area contributed by atoms with Crippen LogP contribution in [0.3, 0.4) is 0 Å². The number of carboxylic acids is 1. The van der Waals surface area contributed by atoms with Crippen molar-refractivity contribution in [3.63, 3.8) is 0 Å². The molecule has 1 N–H and O–H groups in total. The van der Waals surface area contributed by atoms with Crippen LogP contribution < -0.4 is 4.90 Å². The lowest BCUT2D eigenvalue weighted by molar-refractivity contribution is -0.137. The van der Waals surface area contributed by atoms with E-state index in [1.165, 1.54) is 0 Å². The first-order chi connectivity index (χ1) is 9.60. The van der Waals surface area contributed by atoms with Gasteiger partial charge in [-0.05, 0) is 6.07 Å². The summed E-state index contributed by atoms with van der Waals surface area (Å²) < 4.78 is 5.54. The summed E-state index contributed by atoms with van der Waals surface area (Å²) in [4.78, 5) is 26.2. The Morgan fingerprint density at radius 2 is 2.25 bits per heavy atom. The van der Waals surface area contributed by atoms with Gasteiger partial charge in [-0.2, -0.15) is 0 Å². The molecule has 20 heavy (non-hydrogen) atoms. The molecule has 1 fully saturated rings. The van der Waals surface area contributed by atoms with E-state index < -0.39 is 5.97 Å². The van der Waals surface area contributed by atoms with E-state index in [1.807, 2.05) is 4.90 Å². The summed E-state index contributed by atoms with van der Waals surface area (Å²) in [5.74, 6) is 0.201. The largest absolute Gasteiger partial charge is 0.481 e. The molecule has 0 radical (unpaired) electrons. The van der Waals surface area contributed by atoms with Gasteiger partial charge in [-0.1, -0.05) is 6.08 Å². The van der Waals surface area contributed by atoms with Crippen LogP contribution in [-0.2, 0) is 16.0 Å². The normalized spacial score (nSPS) is 16.4. The van der Waals surface area contributed by atoms with Crippen molar-refractivity contribution in [2.24, 2.45) is 0 Å². The summed E-state index contributed by atoms with van der Waals surface area (Å²) in [7, 11) is 0. The van der Waals surface area contributed by atoms with Gasteiger partial charge >= 0.3 is 5.97 Å². The summed E-state index contributed by atoms with van der Waals surface area (Å²) in [6.45, 7) is 6.04. The fraction of sp³-hybridized carbons (Fsp3) is 0.429. The van der Waals surface area contributed by atoms with Crippen LogP contribution in [0.15, 0.2) is 29.2 Å². The molecule has 0 saturated carbocycles. The Morgan fingerprint density at radius 1 is 1.45 bits per heavy atom. The Kier molecular flexibility index (Phi) is 4.57. The molecule has 0 bridgehead atoms. The Bertz CT molecular complexity index is 509. The molecule has 1 aliphatic rings. The number of aryl methyl sites for hydroxylation is 1. The van der Waals surface area contributed by atoms with Crippen LogP contribution >= 0.6 is 0 Å². The Hall–Kier alpha value is -2.08. The van der Waals surface area contributed by atoms with Crippen LogP contribution in [0.25, 0.3) is 0 Å². The highest BCUT2D eigenvalue weighted by molar-refractivity contribution is 5.94. The number of carbonyl (C=O) groups is 2. The number of carbonyl (C=O) groups excluding carboxylic acids is 1. The number of carboxylic acid groups (broad SMARTS) is 1. The van der Waals surface area contributed by atoms with E-state index in [0.29, 0.717) is 37.7 Å². The van der Waals surface area contributed by atoms with Crippen LogP contribution in [0.1, 0.15) is 12.2 Å². The van der Waals surface area contributed by atoms with Gasteiger partial charge in [0.1, 0.15) is 5.76 Å². The molecule has 1 aromatic heterocycles. The van der Waals surface area contributed by atoms with Gasteiger partial charge in [0.15, 0.2) is 0 Å². The first-order valence-electron chi connectivity index (χ1n) is 6.54. The fourth-order valence-corrected chi connectivity index (χ4v) is 2.17. The van der Waals surface area contributed by atoms with E-state index in [0.717, 1.165) is 6.54 Å². The van der Waals surface area contributed by atoms with Crippen LogP contribution in [0.2, 0.25) is 0 Å². The number of rotatable bonds is 6. The average Bonchev–Trinajstić information content (AvgIpc) is 2.85. The van der Waals surface area contributed by atoms with Gasteiger partial charge in [0.25, 0.3) is 0 Å². The second-order valence-electron chi connectivity index (χ2n) is 4.70. The predicted octanol–water partition coefficient (Wildman–Crippen LogP) is 1.13. The van der Waals surface area contributed by atoms with Crippen molar-refractivity contribution in [2.75, 3.05) is 31.1 Å². The molecule has 1 saturated heterocycles. The third kappa shape index (κ3) is 3.48. The lowest BCUT2D eigenvalue weighted by Crippen LogP contribution is -2.50. The highest BCUT2D eigenvalue weighted by Crippen LogP contribution is 2.21. The maximum absolute atomic E-state index is 12.1. The lowest BCUT2D eigenvalue weighted by atomic mass is 10.2. The van der Waals surface area contributed by atoms with Crippen molar-refractivity contribution in [1.29, 1.82) is 0 Å². The lowest BCUT2D eigenvalue weighted by Gasteiger charge is -2.32. The molecule has 0 atom stereocenters. The number of hydrogen-bond acceptors (Lipinski definition) is 4. The zero-order valence-corrected chi connectivity index (χ0v) is 11.2. The summed E-state index contributed by atoms with van der Waals surface area (Å²) in [5, 5.41) is 8.63. The zero-order valence-electron chi connectivity index (χ0n) is 11.2. The van der Waals surface area contributed by atoms with E-state index >= 15 is 0 Å². The molecular formula is C14H18N2O4. The van der Waals surface area contributed by atoms with Crippen molar-refractivity contribution < 1.29 is 19.1 Å². The topological polar surface area (TPSA) is 74.0 Å². The summed E-state index contributed by atoms with van der Waals surface area (Å²) >= 11 is 0. The molecule has 6 heteroatoms. The standard InChI is InChI=1S/C14H18N2O4/c1-2-7-15-8-9-16(12(17)10-15)13-5-3-11(20-13)4-6-14(18)19/h2-3,5H,1,4,6-10H2,(H,18,19). The first kappa shape index (κ1) is 14.3. The number of nitrogens with zero attached hydrogens (tertiary/aromatic N) is 2. The van der Waals surface area contributed by atoms with Crippen LogP contribution in [-0.4, -0.2) is 48.1 Å². The second kappa shape index (κ2) is 6.38. The minimum atomic E-state index is -0.864. The number of amides is 1. The molecule has 6 nitrogen and oxygen atoms in total. The van der Waals surface area contributed by atoms with Crippen LogP contribution in [0.4, 0.5) is 5.88 Å². The Labute approximate surface area is 117 Å². The van der Waals surface area contributed by atoms with Gasteiger partial charge in [0, 0.05) is 32.1 Å². The van der Waals surface area contributed by atoms with Crippen molar-refractivity contribution in [3.05, 3.63) is 30.5 Å². The van der Waals surface area contributed by atoms with Gasteiger partial charge in [-0.15, -0.1) is 6.58 Å². The minimum absolute atomic E-state index is 0.0164. The molecule has 0 unspecified atom stereocenters. The molecule has 1 aromatic rings. The van der Waals surface area contributed by atoms with E-state index in [-0.39, 0.29) is 12.3 Å². The molecule has 108 valence electrons. The quantitative estimate of drug-likeness (QED) is 0.790. The highest BCUT2D eigenvalue weighted by atomic mass is 16.4. The summed E-state index contributed by atoms with van der Waals surface area (Å²) in [6.07, 6.45) is 2.13. The molecule has 2 rings (SSSR count). The summed E-state index contributed by atoms with van der Waals surface area (Å²) in [5.41, 5.74) is 0. The molecule has 0 aliphatic carbocycles. The van der Waals surface area contributed by atoms with Crippen molar-refractivity contribution in [1.82, 2.24) is 4.90 Å². The highest BCUT2D eigenvalue weighted by Gasteiger charge is 2.26. The van der Waals surface area contributed by atoms with E-state index in [2.05, 4.69) is 6.58 Å². The monoisotopic (exact) mass is 278 g/mol. The van der Waals surface area contributed by atoms with Gasteiger partial charge in [-0.25, -0.2) is 0 Å². The van der Waals surface area contributed by atoms with E-state index in [4.69, 9.17) is 9.52 Å². The predicted molar refractivity (Wildman–Crippen MR) is 73.7 cm³/mol. The van der Waals surface area contributed by atoms with Gasteiger partial charge in [-0.3, -0.25) is 19.4 Å². The Morgan fingerprint density at radius 3 is 2.90 bits per heavy atom. The smallest absolute Gasteiger partial charge is 0.303 e. The van der Waals surface area contributed by atoms with Crippen molar-refractivity contribution in [3.8, 4) is 0 Å². The third-order valence-corrected chi connectivity index (χ3v) is 3.19. The molecule has 2 heterocycles. The number of anilines is 1. The van der Waals surface area contributed by atoms with E-state index in [9.17, 15) is 9.59 Å². The second-order valence-corrected chi connectivity index (χ2v) is 4.70. The van der Waals surface area contributed by atoms with Crippen LogP contribution in [0.5, 0.6) is 0 Å². The molecule has 1 amide bonds. The maximum atomic E-state index is 12.1. The number of hydrogen-bond donors (Lipinski definition) is 1. The average molecular weight is 278 g/mol. The number of piperazine rings is 1. The van der Waals surface area contributed by atoms with Gasteiger partial charge in [0.05, 0.1) is 13.0 Å². The maximum Gasteiger partial charge on any atom is 0.303 e.